The lowest BCUT2D eigenvalue weighted by Crippen LogP contribution is -2.38. The highest BCUT2D eigenvalue weighted by molar-refractivity contribution is 14.0. The van der Waals surface area contributed by atoms with Crippen molar-refractivity contribution in [3.8, 4) is 11.5 Å². The van der Waals surface area contributed by atoms with Gasteiger partial charge in [0.25, 0.3) is 0 Å². The number of aliphatic imine (C=N–C) groups is 1. The molecule has 2 rings (SSSR count). The van der Waals surface area contributed by atoms with Crippen molar-refractivity contribution in [3.05, 3.63) is 39.8 Å². The second kappa shape index (κ2) is 12.1. The van der Waals surface area contributed by atoms with Crippen LogP contribution in [0, 0.1) is 0 Å². The Labute approximate surface area is 187 Å². The Hall–Kier alpha value is -1.59. The minimum Gasteiger partial charge on any atom is -0.508 e. The number of nitrogens with zero attached hydrogens (tertiary/aromatic N) is 3. The number of aromatic nitrogens is 1. The van der Waals surface area contributed by atoms with Crippen molar-refractivity contribution in [3.63, 3.8) is 0 Å². The molecule has 0 aliphatic carbocycles. The minimum absolute atomic E-state index is 0. The second-order valence-electron chi connectivity index (χ2n) is 6.08. The van der Waals surface area contributed by atoms with Crippen LogP contribution in [0.25, 0.3) is 0 Å². The lowest BCUT2D eigenvalue weighted by atomic mass is 10.2. The number of rotatable bonds is 8. The zero-order valence-electron chi connectivity index (χ0n) is 16.9. The third kappa shape index (κ3) is 6.78. The van der Waals surface area contributed by atoms with Crippen molar-refractivity contribution < 1.29 is 14.6 Å². The van der Waals surface area contributed by atoms with Crippen molar-refractivity contribution >= 4 is 41.3 Å². The first-order valence-corrected chi connectivity index (χ1v) is 9.68. The molecule has 2 aromatic rings. The molecule has 0 spiro atoms. The molecule has 0 saturated heterocycles. The van der Waals surface area contributed by atoms with Crippen molar-refractivity contribution in [2.75, 3.05) is 27.8 Å². The summed E-state index contributed by atoms with van der Waals surface area (Å²) >= 11 is 1.60. The molecule has 0 radical (unpaired) electrons. The Balaban J connectivity index is 0.00000392. The number of thiazole rings is 1. The monoisotopic (exact) mass is 520 g/mol. The molecule has 0 fully saturated rings. The van der Waals surface area contributed by atoms with Crippen LogP contribution in [0.2, 0.25) is 0 Å². The summed E-state index contributed by atoms with van der Waals surface area (Å²) in [6.45, 7) is 5.73. The Morgan fingerprint density at radius 1 is 1.39 bits per heavy atom. The normalized spacial score (nSPS) is 12.2. The van der Waals surface area contributed by atoms with Crippen LogP contribution in [0.5, 0.6) is 11.5 Å². The Morgan fingerprint density at radius 3 is 2.79 bits per heavy atom. The third-order valence-electron chi connectivity index (χ3n) is 4.05. The first-order valence-electron chi connectivity index (χ1n) is 8.80. The molecule has 1 aromatic heterocycles. The van der Waals surface area contributed by atoms with Gasteiger partial charge in [0.05, 0.1) is 25.9 Å². The van der Waals surface area contributed by atoms with E-state index in [0.29, 0.717) is 24.4 Å². The SMILES string of the molecule is CCNC(=NCc1cc(OC)ccc1O)N(C)Cc1csc(C(C)OC)n1.I. The molecule has 0 amide bonds. The van der Waals surface area contributed by atoms with Crippen LogP contribution in [0.1, 0.15) is 36.2 Å². The molecule has 2 N–H and O–H groups in total. The maximum absolute atomic E-state index is 10.0. The van der Waals surface area contributed by atoms with E-state index in [-0.39, 0.29) is 35.8 Å². The summed E-state index contributed by atoms with van der Waals surface area (Å²) < 4.78 is 10.5. The molecule has 1 atom stereocenters. The molecule has 7 nitrogen and oxygen atoms in total. The van der Waals surface area contributed by atoms with Gasteiger partial charge in [-0.3, -0.25) is 0 Å². The highest BCUT2D eigenvalue weighted by Gasteiger charge is 2.13. The van der Waals surface area contributed by atoms with E-state index in [0.717, 1.165) is 23.2 Å². The van der Waals surface area contributed by atoms with Gasteiger partial charge in [-0.2, -0.15) is 0 Å². The van der Waals surface area contributed by atoms with Crippen LogP contribution >= 0.6 is 35.3 Å². The largest absolute Gasteiger partial charge is 0.508 e. The van der Waals surface area contributed by atoms with E-state index in [1.165, 1.54) is 0 Å². The lowest BCUT2D eigenvalue weighted by Gasteiger charge is -2.21. The zero-order valence-corrected chi connectivity index (χ0v) is 20.1. The molecular formula is C19H29IN4O3S. The maximum atomic E-state index is 10.0. The van der Waals surface area contributed by atoms with Gasteiger partial charge in [0.1, 0.15) is 22.6 Å². The summed E-state index contributed by atoms with van der Waals surface area (Å²) in [4.78, 5) is 11.3. The average molecular weight is 520 g/mol. The quantitative estimate of drug-likeness (QED) is 0.314. The van der Waals surface area contributed by atoms with Crippen molar-refractivity contribution in [2.45, 2.75) is 33.0 Å². The second-order valence-corrected chi connectivity index (χ2v) is 6.97. The number of aromatic hydroxyl groups is 1. The predicted molar refractivity (Wildman–Crippen MR) is 124 cm³/mol. The fraction of sp³-hybridized carbons (Fsp3) is 0.474. The standard InChI is InChI=1S/C19H28N4O3S.HI/c1-6-20-19(21-10-14-9-16(26-5)7-8-17(14)24)23(3)11-15-12-27-18(22-15)13(2)25-4;/h7-9,12-13,24H,6,10-11H2,1-5H3,(H,20,21);1H. The van der Waals surface area contributed by atoms with Gasteiger partial charge in [-0.15, -0.1) is 35.3 Å². The van der Waals surface area contributed by atoms with Gasteiger partial charge in [-0.05, 0) is 32.0 Å². The van der Waals surface area contributed by atoms with Gasteiger partial charge < -0.3 is 24.8 Å². The molecule has 0 bridgehead atoms. The number of hydrogen-bond donors (Lipinski definition) is 2. The van der Waals surface area contributed by atoms with Gasteiger partial charge >= 0.3 is 0 Å². The van der Waals surface area contributed by atoms with Crippen LogP contribution in [-0.4, -0.2) is 48.8 Å². The smallest absolute Gasteiger partial charge is 0.194 e. The van der Waals surface area contributed by atoms with E-state index in [9.17, 15) is 5.11 Å². The van der Waals surface area contributed by atoms with E-state index in [1.807, 2.05) is 31.2 Å². The predicted octanol–water partition coefficient (Wildman–Crippen LogP) is 3.78. The summed E-state index contributed by atoms with van der Waals surface area (Å²) in [6.07, 6.45) is -0.00741. The Morgan fingerprint density at radius 2 is 2.14 bits per heavy atom. The number of ether oxygens (including phenoxy) is 2. The van der Waals surface area contributed by atoms with Crippen LogP contribution in [-0.2, 0) is 17.8 Å². The Kier molecular flexibility index (Phi) is 10.5. The number of benzene rings is 1. The highest BCUT2D eigenvalue weighted by atomic mass is 127. The molecule has 0 aliphatic heterocycles. The van der Waals surface area contributed by atoms with E-state index in [1.54, 1.807) is 43.8 Å². The van der Waals surface area contributed by atoms with E-state index >= 15 is 0 Å². The number of phenols is 1. The number of halogens is 1. The fourth-order valence-corrected chi connectivity index (χ4v) is 3.29. The first kappa shape index (κ1) is 24.4. The number of nitrogens with one attached hydrogen (secondary N) is 1. The van der Waals surface area contributed by atoms with Gasteiger partial charge in [0.15, 0.2) is 5.96 Å². The van der Waals surface area contributed by atoms with Crippen molar-refractivity contribution in [1.29, 1.82) is 0 Å². The van der Waals surface area contributed by atoms with Gasteiger partial charge in [0.2, 0.25) is 0 Å². The van der Waals surface area contributed by atoms with E-state index in [2.05, 4.69) is 15.3 Å². The Bertz CT molecular complexity index is 769. The zero-order chi connectivity index (χ0) is 19.8. The number of guanidine groups is 1. The molecular weight excluding hydrogens is 491 g/mol. The van der Waals surface area contributed by atoms with Crippen molar-refractivity contribution in [2.24, 2.45) is 4.99 Å². The average Bonchev–Trinajstić information content (AvgIpc) is 3.14. The molecule has 156 valence electrons. The van der Waals surface area contributed by atoms with Gasteiger partial charge in [0, 0.05) is 31.6 Å². The summed E-state index contributed by atoms with van der Waals surface area (Å²) in [7, 11) is 5.25. The molecule has 0 saturated carbocycles. The van der Waals surface area contributed by atoms with Crippen LogP contribution in [0.3, 0.4) is 0 Å². The molecule has 9 heteroatoms. The molecule has 1 heterocycles. The first-order chi connectivity index (χ1) is 13.0. The highest BCUT2D eigenvalue weighted by Crippen LogP contribution is 2.24. The summed E-state index contributed by atoms with van der Waals surface area (Å²) in [5, 5.41) is 16.3. The van der Waals surface area contributed by atoms with Crippen molar-refractivity contribution in [1.82, 2.24) is 15.2 Å². The topological polar surface area (TPSA) is 79.2 Å². The molecule has 0 aliphatic rings. The summed E-state index contributed by atoms with van der Waals surface area (Å²) in [6, 6.07) is 5.13. The maximum Gasteiger partial charge on any atom is 0.194 e. The van der Waals surface area contributed by atoms with Gasteiger partial charge in [-0.25, -0.2) is 9.98 Å². The fourth-order valence-electron chi connectivity index (χ4n) is 2.45. The summed E-state index contributed by atoms with van der Waals surface area (Å²) in [5.74, 6) is 1.64. The van der Waals surface area contributed by atoms with Crippen LogP contribution < -0.4 is 10.1 Å². The van der Waals surface area contributed by atoms with Crippen LogP contribution in [0.4, 0.5) is 0 Å². The third-order valence-corrected chi connectivity index (χ3v) is 5.11. The van der Waals surface area contributed by atoms with Crippen LogP contribution in [0.15, 0.2) is 28.6 Å². The van der Waals surface area contributed by atoms with E-state index < -0.39 is 0 Å². The minimum atomic E-state index is -0.00741. The number of phenolic OH excluding ortho intramolecular Hbond substituents is 1. The molecule has 1 unspecified atom stereocenters. The lowest BCUT2D eigenvalue weighted by molar-refractivity contribution is 0.119. The summed E-state index contributed by atoms with van der Waals surface area (Å²) in [5.41, 5.74) is 1.68. The number of methoxy groups -OCH3 is 2. The molecule has 1 aromatic carbocycles. The van der Waals surface area contributed by atoms with E-state index in [4.69, 9.17) is 9.47 Å². The van der Waals surface area contributed by atoms with Gasteiger partial charge in [-0.1, -0.05) is 0 Å². The molecule has 28 heavy (non-hydrogen) atoms. The number of hydrogen-bond acceptors (Lipinski definition) is 6.